The summed E-state index contributed by atoms with van der Waals surface area (Å²) in [5, 5.41) is 2.73. The molecule has 6 heteroatoms. The number of H-pyrrole nitrogens is 2. The normalized spacial score (nSPS) is 10.6. The van der Waals surface area contributed by atoms with E-state index < -0.39 is 0 Å². The molecule has 2 aromatic carbocycles. The highest BCUT2D eigenvalue weighted by Crippen LogP contribution is 2.15. The van der Waals surface area contributed by atoms with Crippen molar-refractivity contribution in [1.82, 2.24) is 9.97 Å². The molecule has 0 unspecified atom stereocenters. The van der Waals surface area contributed by atoms with E-state index in [9.17, 15) is 14.4 Å². The zero-order valence-corrected chi connectivity index (χ0v) is 11.8. The summed E-state index contributed by atoms with van der Waals surface area (Å²) in [6, 6.07) is 11.6. The number of benzene rings is 2. The summed E-state index contributed by atoms with van der Waals surface area (Å²) in [4.78, 5) is 40.0. The van der Waals surface area contributed by atoms with Gasteiger partial charge >= 0.3 is 5.69 Å². The van der Waals surface area contributed by atoms with Gasteiger partial charge in [-0.25, -0.2) is 4.79 Å². The molecule has 1 aromatic heterocycles. The van der Waals surface area contributed by atoms with Gasteiger partial charge in [-0.1, -0.05) is 12.1 Å². The van der Waals surface area contributed by atoms with E-state index in [1.54, 1.807) is 42.5 Å². The summed E-state index contributed by atoms with van der Waals surface area (Å²) < 4.78 is 0. The molecular weight excluding hydrogens is 282 g/mol. The molecule has 1 heterocycles. The second kappa shape index (κ2) is 5.33. The molecule has 0 radical (unpaired) electrons. The van der Waals surface area contributed by atoms with E-state index >= 15 is 0 Å². The number of nitrogens with one attached hydrogen (secondary N) is 3. The first-order valence-electron chi connectivity index (χ1n) is 6.67. The molecule has 0 aliphatic heterocycles. The quantitative estimate of drug-likeness (QED) is 0.647. The molecule has 0 aliphatic carbocycles. The van der Waals surface area contributed by atoms with Gasteiger partial charge in [-0.3, -0.25) is 9.59 Å². The van der Waals surface area contributed by atoms with Crippen LogP contribution < -0.4 is 11.0 Å². The lowest BCUT2D eigenvalue weighted by Gasteiger charge is -2.06. The molecule has 6 nitrogen and oxygen atoms in total. The maximum absolute atomic E-state index is 12.2. The third-order valence-corrected chi connectivity index (χ3v) is 3.31. The summed E-state index contributed by atoms with van der Waals surface area (Å²) in [5.74, 6) is -0.382. The zero-order chi connectivity index (χ0) is 15.7. The number of amides is 1. The van der Waals surface area contributed by atoms with Crippen molar-refractivity contribution in [2.45, 2.75) is 6.92 Å². The molecule has 1 amide bonds. The number of aromatic nitrogens is 2. The van der Waals surface area contributed by atoms with E-state index in [1.807, 2.05) is 0 Å². The summed E-state index contributed by atoms with van der Waals surface area (Å²) in [6.45, 7) is 1.47. The van der Waals surface area contributed by atoms with Gasteiger partial charge in [-0.2, -0.15) is 0 Å². The number of hydrogen-bond acceptors (Lipinski definition) is 3. The molecule has 0 saturated carbocycles. The number of anilines is 1. The maximum atomic E-state index is 12.2. The minimum Gasteiger partial charge on any atom is -0.322 e. The van der Waals surface area contributed by atoms with Crippen molar-refractivity contribution in [3.05, 3.63) is 64.1 Å². The average Bonchev–Trinajstić information content (AvgIpc) is 2.86. The number of imidazole rings is 1. The lowest BCUT2D eigenvalue weighted by molar-refractivity contribution is 0.101. The van der Waals surface area contributed by atoms with Crippen LogP contribution in [0.5, 0.6) is 0 Å². The van der Waals surface area contributed by atoms with Crippen molar-refractivity contribution < 1.29 is 9.59 Å². The largest absolute Gasteiger partial charge is 0.323 e. The molecule has 3 N–H and O–H groups in total. The van der Waals surface area contributed by atoms with Crippen LogP contribution in [-0.2, 0) is 0 Å². The van der Waals surface area contributed by atoms with Crippen molar-refractivity contribution in [1.29, 1.82) is 0 Å². The van der Waals surface area contributed by atoms with Crippen LogP contribution in [-0.4, -0.2) is 21.7 Å². The van der Waals surface area contributed by atoms with E-state index in [-0.39, 0.29) is 17.4 Å². The Balaban J connectivity index is 1.87. The molecular formula is C16H13N3O3. The minimum absolute atomic E-state index is 0.0672. The van der Waals surface area contributed by atoms with E-state index in [0.717, 1.165) is 0 Å². The van der Waals surface area contributed by atoms with Crippen molar-refractivity contribution in [3.8, 4) is 0 Å². The van der Waals surface area contributed by atoms with Gasteiger partial charge in [-0.15, -0.1) is 0 Å². The number of hydrogen-bond donors (Lipinski definition) is 3. The molecule has 0 aliphatic rings. The number of aromatic amines is 2. The minimum atomic E-state index is -0.318. The van der Waals surface area contributed by atoms with Crippen LogP contribution >= 0.6 is 0 Å². The number of carbonyl (C=O) groups excluding carboxylic acids is 2. The van der Waals surface area contributed by atoms with Crippen molar-refractivity contribution >= 4 is 28.4 Å². The van der Waals surface area contributed by atoms with Gasteiger partial charge in [0.1, 0.15) is 0 Å². The SMILES string of the molecule is CC(=O)c1cccc(NC(=O)c2ccc3[nH]c(=O)[nH]c3c2)c1. The Hall–Kier alpha value is -3.15. The predicted molar refractivity (Wildman–Crippen MR) is 83.3 cm³/mol. The number of carbonyl (C=O) groups is 2. The standard InChI is InChI=1S/C16H13N3O3/c1-9(20)10-3-2-4-12(7-10)17-15(21)11-5-6-13-14(8-11)19-16(22)18-13/h2-8H,1H3,(H,17,21)(H2,18,19,22). The fourth-order valence-corrected chi connectivity index (χ4v) is 2.19. The average molecular weight is 295 g/mol. The van der Waals surface area contributed by atoms with Gasteiger partial charge in [0, 0.05) is 16.8 Å². The van der Waals surface area contributed by atoms with E-state index in [0.29, 0.717) is 27.8 Å². The monoisotopic (exact) mass is 295 g/mol. The lowest BCUT2D eigenvalue weighted by Crippen LogP contribution is -2.12. The second-order valence-corrected chi connectivity index (χ2v) is 4.93. The van der Waals surface area contributed by atoms with E-state index in [2.05, 4.69) is 15.3 Å². The first kappa shape index (κ1) is 13.8. The summed E-state index contributed by atoms with van der Waals surface area (Å²) in [7, 11) is 0. The summed E-state index contributed by atoms with van der Waals surface area (Å²) >= 11 is 0. The molecule has 3 aromatic rings. The highest BCUT2D eigenvalue weighted by molar-refractivity contribution is 6.06. The topological polar surface area (TPSA) is 94.8 Å². The third kappa shape index (κ3) is 2.67. The first-order valence-corrected chi connectivity index (χ1v) is 6.67. The molecule has 3 rings (SSSR count). The number of fused-ring (bicyclic) bond motifs is 1. The Morgan fingerprint density at radius 2 is 1.73 bits per heavy atom. The molecule has 0 fully saturated rings. The Morgan fingerprint density at radius 3 is 2.50 bits per heavy atom. The Morgan fingerprint density at radius 1 is 0.955 bits per heavy atom. The lowest BCUT2D eigenvalue weighted by atomic mass is 10.1. The molecule has 0 bridgehead atoms. The van der Waals surface area contributed by atoms with Gasteiger partial charge in [-0.05, 0) is 37.3 Å². The van der Waals surface area contributed by atoms with E-state index in [1.165, 1.54) is 6.92 Å². The van der Waals surface area contributed by atoms with Crippen molar-refractivity contribution in [2.75, 3.05) is 5.32 Å². The van der Waals surface area contributed by atoms with Gasteiger partial charge in [0.15, 0.2) is 5.78 Å². The Labute approximate surface area is 125 Å². The molecule has 0 saturated heterocycles. The zero-order valence-electron chi connectivity index (χ0n) is 11.8. The smallest absolute Gasteiger partial charge is 0.322 e. The molecule has 110 valence electrons. The predicted octanol–water partition coefficient (Wildman–Crippen LogP) is 2.31. The van der Waals surface area contributed by atoms with E-state index in [4.69, 9.17) is 0 Å². The molecule has 0 atom stereocenters. The van der Waals surface area contributed by atoms with Crippen LogP contribution in [0.25, 0.3) is 11.0 Å². The second-order valence-electron chi connectivity index (χ2n) is 4.93. The number of Topliss-reactive ketones (excluding diaryl/α,β-unsaturated/α-hetero) is 1. The highest BCUT2D eigenvalue weighted by Gasteiger charge is 2.09. The van der Waals surface area contributed by atoms with Gasteiger partial charge in [0.25, 0.3) is 5.91 Å². The highest BCUT2D eigenvalue weighted by atomic mass is 16.2. The van der Waals surface area contributed by atoms with Crippen LogP contribution in [0.2, 0.25) is 0 Å². The fourth-order valence-electron chi connectivity index (χ4n) is 2.19. The van der Waals surface area contributed by atoms with Crippen molar-refractivity contribution in [2.24, 2.45) is 0 Å². The van der Waals surface area contributed by atoms with Gasteiger partial charge in [0.05, 0.1) is 11.0 Å². The van der Waals surface area contributed by atoms with Crippen LogP contribution in [0.4, 0.5) is 5.69 Å². The molecule has 0 spiro atoms. The van der Waals surface area contributed by atoms with Crippen molar-refractivity contribution in [3.63, 3.8) is 0 Å². The number of ketones is 1. The van der Waals surface area contributed by atoms with Gasteiger partial charge < -0.3 is 15.3 Å². The van der Waals surface area contributed by atoms with Crippen LogP contribution in [0.15, 0.2) is 47.3 Å². The van der Waals surface area contributed by atoms with Crippen LogP contribution in [0.1, 0.15) is 27.6 Å². The fraction of sp³-hybridized carbons (Fsp3) is 0.0625. The maximum Gasteiger partial charge on any atom is 0.323 e. The van der Waals surface area contributed by atoms with Crippen LogP contribution in [0.3, 0.4) is 0 Å². The summed E-state index contributed by atoms with van der Waals surface area (Å²) in [6.07, 6.45) is 0. The Bertz CT molecular complexity index is 937. The molecule has 22 heavy (non-hydrogen) atoms. The summed E-state index contributed by atoms with van der Waals surface area (Å²) in [5.41, 5.74) is 2.37. The van der Waals surface area contributed by atoms with Crippen LogP contribution in [0, 0.1) is 0 Å². The number of rotatable bonds is 3. The third-order valence-electron chi connectivity index (χ3n) is 3.31. The first-order chi connectivity index (χ1) is 10.5. The Kier molecular flexibility index (Phi) is 3.34. The van der Waals surface area contributed by atoms with Gasteiger partial charge in [0.2, 0.25) is 0 Å².